The van der Waals surface area contributed by atoms with Crippen LogP contribution in [-0.4, -0.2) is 25.4 Å². The molecule has 0 aromatic heterocycles. The van der Waals surface area contributed by atoms with Crippen molar-refractivity contribution in [3.63, 3.8) is 0 Å². The Balaban J connectivity index is 1.94. The molecule has 1 heterocycles. The molecule has 1 aliphatic rings. The van der Waals surface area contributed by atoms with E-state index in [-0.39, 0.29) is 11.9 Å². The second kappa shape index (κ2) is 6.07. The highest BCUT2D eigenvalue weighted by Gasteiger charge is 2.17. The molecule has 1 unspecified atom stereocenters. The molecule has 1 aromatic rings. The van der Waals surface area contributed by atoms with Gasteiger partial charge in [-0.3, -0.25) is 0 Å². The molecule has 0 saturated carbocycles. The van der Waals surface area contributed by atoms with Crippen molar-refractivity contribution < 1.29 is 9.13 Å². The SMILES string of the molecule is CNC(CSc1ccccc1F)C1=CCCO1. The van der Waals surface area contributed by atoms with Crippen molar-refractivity contribution in [2.24, 2.45) is 0 Å². The highest BCUT2D eigenvalue weighted by Crippen LogP contribution is 2.24. The molecule has 92 valence electrons. The van der Waals surface area contributed by atoms with Crippen molar-refractivity contribution >= 4 is 11.8 Å². The predicted octanol–water partition coefficient (Wildman–Crippen LogP) is 2.81. The zero-order chi connectivity index (χ0) is 12.1. The molecular formula is C13H16FNOS. The Morgan fingerprint density at radius 3 is 2.94 bits per heavy atom. The van der Waals surface area contributed by atoms with E-state index in [1.54, 1.807) is 12.1 Å². The Hall–Kier alpha value is -1.00. The van der Waals surface area contributed by atoms with Gasteiger partial charge in [-0.2, -0.15) is 0 Å². The second-order valence-electron chi connectivity index (χ2n) is 3.83. The van der Waals surface area contributed by atoms with Crippen LogP contribution in [0.5, 0.6) is 0 Å². The lowest BCUT2D eigenvalue weighted by atomic mass is 10.2. The van der Waals surface area contributed by atoms with Crippen LogP contribution >= 0.6 is 11.8 Å². The fraction of sp³-hybridized carbons (Fsp3) is 0.385. The van der Waals surface area contributed by atoms with Crippen LogP contribution in [0.25, 0.3) is 0 Å². The van der Waals surface area contributed by atoms with Gasteiger partial charge >= 0.3 is 0 Å². The highest BCUT2D eigenvalue weighted by molar-refractivity contribution is 7.99. The maximum Gasteiger partial charge on any atom is 0.136 e. The number of halogens is 1. The largest absolute Gasteiger partial charge is 0.496 e. The van der Waals surface area contributed by atoms with E-state index in [9.17, 15) is 4.39 Å². The Morgan fingerprint density at radius 2 is 2.29 bits per heavy atom. The van der Waals surface area contributed by atoms with Gasteiger partial charge in [-0.1, -0.05) is 12.1 Å². The summed E-state index contributed by atoms with van der Waals surface area (Å²) in [5.74, 6) is 1.59. The minimum atomic E-state index is -0.159. The molecule has 0 bridgehead atoms. The summed E-state index contributed by atoms with van der Waals surface area (Å²) < 4.78 is 19.0. The van der Waals surface area contributed by atoms with Gasteiger partial charge in [0.15, 0.2) is 0 Å². The molecule has 0 radical (unpaired) electrons. The van der Waals surface area contributed by atoms with Crippen molar-refractivity contribution in [1.29, 1.82) is 0 Å². The maximum atomic E-state index is 13.4. The molecule has 1 N–H and O–H groups in total. The van der Waals surface area contributed by atoms with E-state index in [1.165, 1.54) is 17.8 Å². The van der Waals surface area contributed by atoms with Crippen LogP contribution < -0.4 is 5.32 Å². The molecule has 17 heavy (non-hydrogen) atoms. The zero-order valence-electron chi connectivity index (χ0n) is 9.78. The summed E-state index contributed by atoms with van der Waals surface area (Å²) in [7, 11) is 1.90. The van der Waals surface area contributed by atoms with Crippen LogP contribution in [0.2, 0.25) is 0 Å². The summed E-state index contributed by atoms with van der Waals surface area (Å²) in [4.78, 5) is 0.686. The number of nitrogens with one attached hydrogen (secondary N) is 1. The van der Waals surface area contributed by atoms with Gasteiger partial charge in [0, 0.05) is 17.1 Å². The van der Waals surface area contributed by atoms with Gasteiger partial charge < -0.3 is 10.1 Å². The molecule has 1 aliphatic heterocycles. The van der Waals surface area contributed by atoms with Gasteiger partial charge in [-0.25, -0.2) is 4.39 Å². The molecule has 0 amide bonds. The average Bonchev–Trinajstić information content (AvgIpc) is 2.86. The number of rotatable bonds is 5. The second-order valence-corrected chi connectivity index (χ2v) is 4.89. The molecular weight excluding hydrogens is 237 g/mol. The maximum absolute atomic E-state index is 13.4. The minimum absolute atomic E-state index is 0.155. The molecule has 1 aromatic carbocycles. The van der Waals surface area contributed by atoms with Gasteiger partial charge in [-0.05, 0) is 25.3 Å². The quantitative estimate of drug-likeness (QED) is 0.815. The van der Waals surface area contributed by atoms with Crippen LogP contribution in [0.1, 0.15) is 6.42 Å². The molecule has 2 rings (SSSR count). The third kappa shape index (κ3) is 3.23. The summed E-state index contributed by atoms with van der Waals surface area (Å²) in [6.07, 6.45) is 3.07. The Kier molecular flexibility index (Phi) is 4.45. The summed E-state index contributed by atoms with van der Waals surface area (Å²) in [6.45, 7) is 0.762. The minimum Gasteiger partial charge on any atom is -0.496 e. The Labute approximate surface area is 105 Å². The van der Waals surface area contributed by atoms with Crippen molar-refractivity contribution in [1.82, 2.24) is 5.32 Å². The zero-order valence-corrected chi connectivity index (χ0v) is 10.6. The smallest absolute Gasteiger partial charge is 0.136 e. The lowest BCUT2D eigenvalue weighted by molar-refractivity contribution is 0.222. The Bertz CT molecular complexity index is 408. The first kappa shape index (κ1) is 12.5. The molecule has 0 aliphatic carbocycles. The van der Waals surface area contributed by atoms with Crippen LogP contribution in [0.4, 0.5) is 4.39 Å². The van der Waals surface area contributed by atoms with Gasteiger partial charge in [0.2, 0.25) is 0 Å². The number of thioether (sulfide) groups is 1. The third-order valence-electron chi connectivity index (χ3n) is 2.67. The molecule has 4 heteroatoms. The highest BCUT2D eigenvalue weighted by atomic mass is 32.2. The third-order valence-corrected chi connectivity index (χ3v) is 3.81. The summed E-state index contributed by atoms with van der Waals surface area (Å²) in [5, 5.41) is 3.20. The number of ether oxygens (including phenoxy) is 1. The molecule has 2 nitrogen and oxygen atoms in total. The summed E-state index contributed by atoms with van der Waals surface area (Å²) >= 11 is 1.51. The number of benzene rings is 1. The number of hydrogen-bond acceptors (Lipinski definition) is 3. The molecule has 0 fully saturated rings. The van der Waals surface area contributed by atoms with Crippen molar-refractivity contribution in [2.75, 3.05) is 19.4 Å². The van der Waals surface area contributed by atoms with E-state index in [0.717, 1.165) is 24.5 Å². The normalized spacial score (nSPS) is 16.5. The van der Waals surface area contributed by atoms with Gasteiger partial charge in [-0.15, -0.1) is 11.8 Å². The fourth-order valence-corrected chi connectivity index (χ4v) is 2.78. The molecule has 0 spiro atoms. The van der Waals surface area contributed by atoms with E-state index in [2.05, 4.69) is 11.4 Å². The summed E-state index contributed by atoms with van der Waals surface area (Å²) in [6, 6.07) is 7.00. The first-order chi connectivity index (χ1) is 8.31. The van der Waals surface area contributed by atoms with Gasteiger partial charge in [0.1, 0.15) is 11.6 Å². The topological polar surface area (TPSA) is 21.3 Å². The standard InChI is InChI=1S/C13H16FNOS/c1-15-11(12-6-4-8-16-12)9-17-13-7-3-2-5-10(13)14/h2-3,5-7,11,15H,4,8-9H2,1H3. The van der Waals surface area contributed by atoms with Crippen LogP contribution in [-0.2, 0) is 4.74 Å². The number of hydrogen-bond donors (Lipinski definition) is 1. The number of likely N-dealkylation sites (N-methyl/N-ethyl adjacent to an activating group) is 1. The average molecular weight is 253 g/mol. The first-order valence-corrected chi connectivity index (χ1v) is 6.67. The van der Waals surface area contributed by atoms with Crippen LogP contribution in [0, 0.1) is 5.82 Å². The lowest BCUT2D eigenvalue weighted by Gasteiger charge is -2.17. The molecule has 1 atom stereocenters. The fourth-order valence-electron chi connectivity index (χ4n) is 1.72. The predicted molar refractivity (Wildman–Crippen MR) is 68.6 cm³/mol. The van der Waals surface area contributed by atoms with E-state index in [0.29, 0.717) is 4.90 Å². The van der Waals surface area contributed by atoms with Gasteiger partial charge in [0.05, 0.1) is 12.6 Å². The van der Waals surface area contributed by atoms with Crippen molar-refractivity contribution in [3.05, 3.63) is 41.9 Å². The first-order valence-electron chi connectivity index (χ1n) is 5.68. The van der Waals surface area contributed by atoms with Crippen molar-refractivity contribution in [3.8, 4) is 0 Å². The van der Waals surface area contributed by atoms with E-state index < -0.39 is 0 Å². The Morgan fingerprint density at radius 1 is 1.47 bits per heavy atom. The van der Waals surface area contributed by atoms with E-state index >= 15 is 0 Å². The van der Waals surface area contributed by atoms with E-state index in [4.69, 9.17) is 4.74 Å². The van der Waals surface area contributed by atoms with E-state index in [1.807, 2.05) is 13.1 Å². The summed E-state index contributed by atoms with van der Waals surface area (Å²) in [5.41, 5.74) is 0. The van der Waals surface area contributed by atoms with Crippen LogP contribution in [0.15, 0.2) is 41.0 Å². The molecule has 0 saturated heterocycles. The van der Waals surface area contributed by atoms with Crippen LogP contribution in [0.3, 0.4) is 0 Å². The van der Waals surface area contributed by atoms with Gasteiger partial charge in [0.25, 0.3) is 0 Å². The van der Waals surface area contributed by atoms with Crippen molar-refractivity contribution in [2.45, 2.75) is 17.4 Å². The monoisotopic (exact) mass is 253 g/mol. The lowest BCUT2D eigenvalue weighted by Crippen LogP contribution is -2.30.